The fourth-order valence-electron chi connectivity index (χ4n) is 9.62. The number of aryl methyl sites for hydroxylation is 4. The van der Waals surface area contributed by atoms with E-state index in [1.54, 1.807) is 89.8 Å². The number of nitrogens with zero attached hydrogens (tertiary/aromatic N) is 6. The number of methoxy groups -OCH3 is 2. The second-order valence-corrected chi connectivity index (χ2v) is 18.6. The minimum Gasteiger partial charge on any atom is -0.493 e. The Labute approximate surface area is 424 Å². The number of aliphatic imine (C=N–C) groups is 1. The van der Waals surface area contributed by atoms with Gasteiger partial charge in [0.05, 0.1) is 61.8 Å². The summed E-state index contributed by atoms with van der Waals surface area (Å²) in [5.74, 6) is 0.232. The number of hydrogen-bond acceptors (Lipinski definition) is 11. The largest absolute Gasteiger partial charge is 0.493 e. The molecule has 73 heavy (non-hydrogen) atoms. The summed E-state index contributed by atoms with van der Waals surface area (Å²) in [4.78, 5) is 87.9. The molecule has 6 amide bonds. The molecule has 0 aliphatic carbocycles. The molecule has 2 atom stereocenters. The molecule has 0 radical (unpaired) electrons. The summed E-state index contributed by atoms with van der Waals surface area (Å²) in [7, 11) is 8.11. The van der Waals surface area contributed by atoms with Crippen LogP contribution in [-0.2, 0) is 25.9 Å². The van der Waals surface area contributed by atoms with Crippen LogP contribution in [0.1, 0.15) is 116 Å². The lowest BCUT2D eigenvalue weighted by atomic mass is 10.1. The lowest BCUT2D eigenvalue weighted by Crippen LogP contribution is -2.35. The van der Waals surface area contributed by atoms with Crippen LogP contribution in [0.25, 0.3) is 0 Å². The number of fused-ring (bicyclic) bond motifs is 2. The highest BCUT2D eigenvalue weighted by molar-refractivity contribution is 6.08. The molecule has 2 fully saturated rings. The molecule has 8 rings (SSSR count). The zero-order chi connectivity index (χ0) is 51.9. The number of carbonyl (C=O) groups is 6. The quantitative estimate of drug-likeness (QED) is 0.0593. The van der Waals surface area contributed by atoms with E-state index in [-0.39, 0.29) is 66.7 Å². The van der Waals surface area contributed by atoms with Crippen LogP contribution in [0.3, 0.4) is 0 Å². The second kappa shape index (κ2) is 22.6. The van der Waals surface area contributed by atoms with E-state index in [9.17, 15) is 28.8 Å². The van der Waals surface area contributed by atoms with Gasteiger partial charge < -0.3 is 63.7 Å². The average Bonchev–Trinajstić information content (AvgIpc) is 4.23. The van der Waals surface area contributed by atoms with Gasteiger partial charge in [-0.3, -0.25) is 33.8 Å². The van der Waals surface area contributed by atoms with Crippen LogP contribution >= 0.6 is 0 Å². The van der Waals surface area contributed by atoms with Crippen molar-refractivity contribution in [2.45, 2.75) is 77.3 Å². The Morgan fingerprint density at radius 3 is 1.89 bits per heavy atom. The highest BCUT2D eigenvalue weighted by Gasteiger charge is 2.33. The van der Waals surface area contributed by atoms with Crippen molar-refractivity contribution in [1.29, 1.82) is 0 Å². The van der Waals surface area contributed by atoms with Crippen molar-refractivity contribution >= 4 is 64.4 Å². The van der Waals surface area contributed by atoms with Crippen molar-refractivity contribution in [3.63, 3.8) is 0 Å². The standard InChI is InChI=1S/C53H64N10O10/c1-8-36-13-9-17-62(36)52(68)38-25-44(70-6)46(21-32(38)2)72-19-11-15-48(64)56-33-22-42(60(4)29-33)50(66)58-35-24-43(61(5)31-35)51(67)57-34-23-41(59(3)30-34)49(65)54-16-12-20-73-47-27-40-39(26-45(47)71-7)53(69)63-18-10-14-37(63)28-55-40/h21-31,36-37H,8-20H2,1-7H3,(H,54,65)(H,56,64)(H,57,67)(H,58,66)/t36-,37+/m1/s1. The van der Waals surface area contributed by atoms with Gasteiger partial charge >= 0.3 is 0 Å². The van der Waals surface area contributed by atoms with Crippen LogP contribution in [0.4, 0.5) is 22.7 Å². The fourth-order valence-corrected chi connectivity index (χ4v) is 9.62. The average molecular weight is 1000 g/mol. The Hall–Kier alpha value is -8.03. The molecule has 4 N–H and O–H groups in total. The summed E-state index contributed by atoms with van der Waals surface area (Å²) >= 11 is 0. The first-order chi connectivity index (χ1) is 35.1. The van der Waals surface area contributed by atoms with E-state index in [1.807, 2.05) is 22.9 Å². The Morgan fingerprint density at radius 2 is 1.26 bits per heavy atom. The molecule has 0 unspecified atom stereocenters. The molecule has 2 saturated heterocycles. The second-order valence-electron chi connectivity index (χ2n) is 18.6. The number of likely N-dealkylation sites (tertiary alicyclic amines) is 1. The molecule has 2 aromatic carbocycles. The number of carbonyl (C=O) groups excluding carboxylic acids is 6. The van der Waals surface area contributed by atoms with Crippen molar-refractivity contribution in [1.82, 2.24) is 28.8 Å². The van der Waals surface area contributed by atoms with E-state index in [2.05, 4.69) is 33.2 Å². The van der Waals surface area contributed by atoms with Gasteiger partial charge in [0, 0.05) is 89.7 Å². The van der Waals surface area contributed by atoms with Gasteiger partial charge in [0.2, 0.25) is 5.91 Å². The first-order valence-electron chi connectivity index (χ1n) is 24.7. The van der Waals surface area contributed by atoms with Crippen molar-refractivity contribution in [2.24, 2.45) is 26.1 Å². The summed E-state index contributed by atoms with van der Waals surface area (Å²) in [5.41, 5.74) is 4.44. The first kappa shape index (κ1) is 51.3. The molecule has 0 bridgehead atoms. The van der Waals surface area contributed by atoms with Gasteiger partial charge in [-0.25, -0.2) is 0 Å². The minimum atomic E-state index is -0.461. The third kappa shape index (κ3) is 11.5. The number of nitrogens with one attached hydrogen (secondary N) is 4. The molecule has 3 aliphatic rings. The third-order valence-electron chi connectivity index (χ3n) is 13.5. The van der Waals surface area contributed by atoms with Gasteiger partial charge in [0.15, 0.2) is 23.0 Å². The normalized spacial score (nSPS) is 15.8. The number of aromatic nitrogens is 3. The Kier molecular flexibility index (Phi) is 15.9. The van der Waals surface area contributed by atoms with E-state index in [0.29, 0.717) is 88.5 Å². The van der Waals surface area contributed by atoms with E-state index in [0.717, 1.165) is 44.2 Å². The summed E-state index contributed by atoms with van der Waals surface area (Å²) in [6, 6.07) is 11.8. The van der Waals surface area contributed by atoms with Crippen molar-refractivity contribution in [3.8, 4) is 23.0 Å². The topological polar surface area (TPSA) is 221 Å². The molecular weight excluding hydrogens is 937 g/mol. The Balaban J connectivity index is 0.772. The Bertz CT molecular complexity index is 2950. The fraction of sp³-hybridized carbons (Fsp3) is 0.415. The van der Waals surface area contributed by atoms with Gasteiger partial charge in [0.25, 0.3) is 29.5 Å². The van der Waals surface area contributed by atoms with Gasteiger partial charge in [-0.2, -0.15) is 0 Å². The smallest absolute Gasteiger partial charge is 0.272 e. The number of ether oxygens (including phenoxy) is 4. The lowest BCUT2D eigenvalue weighted by Gasteiger charge is -2.25. The van der Waals surface area contributed by atoms with Crippen LogP contribution in [0, 0.1) is 6.92 Å². The summed E-state index contributed by atoms with van der Waals surface area (Å²) in [6.45, 7) is 6.22. The van der Waals surface area contributed by atoms with Crippen molar-refractivity contribution < 1.29 is 47.7 Å². The van der Waals surface area contributed by atoms with Gasteiger partial charge in [-0.05, 0) is 93.8 Å². The van der Waals surface area contributed by atoms with E-state index >= 15 is 0 Å². The molecule has 3 aliphatic heterocycles. The number of rotatable bonds is 20. The maximum Gasteiger partial charge on any atom is 0.272 e. The zero-order valence-electron chi connectivity index (χ0n) is 42.5. The molecule has 6 heterocycles. The molecule has 20 nitrogen and oxygen atoms in total. The number of amides is 6. The zero-order valence-corrected chi connectivity index (χ0v) is 42.5. The maximum atomic E-state index is 13.4. The monoisotopic (exact) mass is 1000 g/mol. The van der Waals surface area contributed by atoms with Crippen molar-refractivity contribution in [3.05, 3.63) is 94.8 Å². The third-order valence-corrected chi connectivity index (χ3v) is 13.5. The highest BCUT2D eigenvalue weighted by Crippen LogP contribution is 2.38. The summed E-state index contributed by atoms with van der Waals surface area (Å²) < 4.78 is 27.9. The minimum absolute atomic E-state index is 0.00134. The molecule has 0 saturated carbocycles. The van der Waals surface area contributed by atoms with Crippen LogP contribution in [0.15, 0.2) is 66.0 Å². The van der Waals surface area contributed by atoms with Crippen molar-refractivity contribution in [2.75, 3.05) is 63.0 Å². The number of anilines is 3. The molecule has 386 valence electrons. The van der Waals surface area contributed by atoms with Gasteiger partial charge in [-0.1, -0.05) is 6.92 Å². The number of hydrogen-bond donors (Lipinski definition) is 4. The summed E-state index contributed by atoms with van der Waals surface area (Å²) in [5, 5.41) is 11.4. The SMILES string of the molecule is CC[C@@H]1CCCN1C(=O)c1cc(OC)c(OCCCC(=O)Nc2cc(C(=O)Nc3cc(C(=O)Nc4cc(C(=O)NCCCOc5cc6c(cc5OC)C(=O)N5CCC[C@H]5C=N6)n(C)c4)n(C)c3)n(C)c2)cc1C. The molecular formula is C53H64N10O10. The highest BCUT2D eigenvalue weighted by atomic mass is 16.5. The van der Waals surface area contributed by atoms with Crippen LogP contribution in [0.5, 0.6) is 23.0 Å². The predicted octanol–water partition coefficient (Wildman–Crippen LogP) is 6.86. The lowest BCUT2D eigenvalue weighted by molar-refractivity contribution is -0.116. The molecule has 5 aromatic rings. The first-order valence-corrected chi connectivity index (χ1v) is 24.7. The molecule has 0 spiro atoms. The van der Waals surface area contributed by atoms with Crippen LogP contribution in [0.2, 0.25) is 0 Å². The Morgan fingerprint density at radius 1 is 0.685 bits per heavy atom. The van der Waals surface area contributed by atoms with Crippen LogP contribution in [-0.4, -0.2) is 124 Å². The van der Waals surface area contributed by atoms with Crippen LogP contribution < -0.4 is 40.2 Å². The predicted molar refractivity (Wildman–Crippen MR) is 275 cm³/mol. The molecule has 20 heteroatoms. The number of benzene rings is 2. The van der Waals surface area contributed by atoms with Gasteiger partial charge in [-0.15, -0.1) is 0 Å². The van der Waals surface area contributed by atoms with Gasteiger partial charge in [0.1, 0.15) is 17.1 Å². The summed E-state index contributed by atoms with van der Waals surface area (Å²) in [6.07, 6.45) is 12.5. The molecule has 3 aromatic heterocycles. The van der Waals surface area contributed by atoms with E-state index in [4.69, 9.17) is 18.9 Å². The van der Waals surface area contributed by atoms with E-state index in [1.165, 1.54) is 20.3 Å². The maximum absolute atomic E-state index is 13.4. The van der Waals surface area contributed by atoms with E-state index < -0.39 is 11.8 Å².